The number of nitrogens with zero attached hydrogens (tertiary/aromatic N) is 1. The molecule has 0 saturated heterocycles. The van der Waals surface area contributed by atoms with Crippen LogP contribution in [0.15, 0.2) is 23.4 Å². The highest BCUT2D eigenvalue weighted by atomic mass is 16.5. The second kappa shape index (κ2) is 5.59. The number of ether oxygens (including phenoxy) is 2. The third-order valence-electron chi connectivity index (χ3n) is 1.77. The van der Waals surface area contributed by atoms with Gasteiger partial charge in [-0.2, -0.15) is 0 Å². The first kappa shape index (κ1) is 11.8. The molecule has 0 atom stereocenters. The standard InChI is InChI=1S/C10H11NO5/c1-15-8-4-2-3-7(5-11-14)10(8)16-6-9(12)13/h2-5,14H,6H2,1H3,(H,12,13)/b11-5+. The van der Waals surface area contributed by atoms with E-state index in [1.165, 1.54) is 7.11 Å². The van der Waals surface area contributed by atoms with E-state index in [1.54, 1.807) is 18.2 Å². The highest BCUT2D eigenvalue weighted by Gasteiger charge is 2.10. The molecule has 0 bridgehead atoms. The average molecular weight is 225 g/mol. The second-order valence-electron chi connectivity index (χ2n) is 2.81. The van der Waals surface area contributed by atoms with Crippen molar-refractivity contribution in [2.24, 2.45) is 5.16 Å². The number of benzene rings is 1. The van der Waals surface area contributed by atoms with Crippen molar-refractivity contribution in [3.8, 4) is 11.5 Å². The Kier molecular flexibility index (Phi) is 4.14. The van der Waals surface area contributed by atoms with E-state index in [0.29, 0.717) is 11.3 Å². The predicted molar refractivity (Wildman–Crippen MR) is 55.5 cm³/mol. The minimum atomic E-state index is -1.10. The molecule has 0 fully saturated rings. The Hall–Kier alpha value is -2.24. The number of methoxy groups -OCH3 is 1. The summed E-state index contributed by atoms with van der Waals surface area (Å²) in [6, 6.07) is 4.90. The zero-order valence-corrected chi connectivity index (χ0v) is 8.58. The number of aliphatic carboxylic acids is 1. The minimum absolute atomic E-state index is 0.227. The first-order valence-electron chi connectivity index (χ1n) is 4.38. The molecule has 0 radical (unpaired) electrons. The Balaban J connectivity index is 3.03. The van der Waals surface area contributed by atoms with Crippen LogP contribution < -0.4 is 9.47 Å². The number of oxime groups is 1. The molecule has 0 aromatic heterocycles. The molecule has 1 aromatic rings. The fourth-order valence-corrected chi connectivity index (χ4v) is 1.15. The van der Waals surface area contributed by atoms with E-state index in [9.17, 15) is 4.79 Å². The molecule has 0 heterocycles. The van der Waals surface area contributed by atoms with Gasteiger partial charge in [0.05, 0.1) is 13.3 Å². The number of hydrogen-bond donors (Lipinski definition) is 2. The van der Waals surface area contributed by atoms with E-state index in [2.05, 4.69) is 5.16 Å². The van der Waals surface area contributed by atoms with Gasteiger partial charge in [0.1, 0.15) is 0 Å². The van der Waals surface area contributed by atoms with Gasteiger partial charge in [-0.15, -0.1) is 0 Å². The quantitative estimate of drug-likeness (QED) is 0.442. The van der Waals surface area contributed by atoms with Crippen LogP contribution in [0.4, 0.5) is 0 Å². The van der Waals surface area contributed by atoms with Gasteiger partial charge in [0, 0.05) is 5.56 Å². The lowest BCUT2D eigenvalue weighted by Gasteiger charge is -2.11. The normalized spacial score (nSPS) is 10.3. The van der Waals surface area contributed by atoms with Crippen LogP contribution in [0.25, 0.3) is 0 Å². The third kappa shape index (κ3) is 2.88. The molecular formula is C10H11NO5. The van der Waals surface area contributed by atoms with Crippen molar-refractivity contribution in [2.75, 3.05) is 13.7 Å². The summed E-state index contributed by atoms with van der Waals surface area (Å²) in [7, 11) is 1.43. The Morgan fingerprint density at radius 1 is 1.56 bits per heavy atom. The van der Waals surface area contributed by atoms with E-state index in [1.807, 2.05) is 0 Å². The number of hydrogen-bond acceptors (Lipinski definition) is 5. The van der Waals surface area contributed by atoms with Gasteiger partial charge in [0.15, 0.2) is 18.1 Å². The summed E-state index contributed by atoms with van der Waals surface area (Å²) in [5.41, 5.74) is 0.433. The maximum absolute atomic E-state index is 10.4. The molecule has 6 heteroatoms. The largest absolute Gasteiger partial charge is 0.493 e. The number of carboxylic acid groups (broad SMARTS) is 1. The molecule has 6 nitrogen and oxygen atoms in total. The van der Waals surface area contributed by atoms with Crippen molar-refractivity contribution in [3.63, 3.8) is 0 Å². The van der Waals surface area contributed by atoms with Crippen LogP contribution in [-0.2, 0) is 4.79 Å². The van der Waals surface area contributed by atoms with Gasteiger partial charge < -0.3 is 19.8 Å². The smallest absolute Gasteiger partial charge is 0.341 e. The lowest BCUT2D eigenvalue weighted by atomic mass is 10.2. The van der Waals surface area contributed by atoms with Crippen molar-refractivity contribution < 1.29 is 24.6 Å². The molecule has 0 amide bonds. The van der Waals surface area contributed by atoms with E-state index < -0.39 is 12.6 Å². The lowest BCUT2D eigenvalue weighted by molar-refractivity contribution is -0.139. The highest BCUT2D eigenvalue weighted by Crippen LogP contribution is 2.29. The Morgan fingerprint density at radius 3 is 2.88 bits per heavy atom. The van der Waals surface area contributed by atoms with Gasteiger partial charge in [-0.3, -0.25) is 0 Å². The van der Waals surface area contributed by atoms with Gasteiger partial charge in [0.2, 0.25) is 0 Å². The van der Waals surface area contributed by atoms with E-state index in [0.717, 1.165) is 6.21 Å². The fraction of sp³-hybridized carbons (Fsp3) is 0.200. The van der Waals surface area contributed by atoms with Crippen molar-refractivity contribution in [2.45, 2.75) is 0 Å². The molecule has 1 rings (SSSR count). The summed E-state index contributed by atoms with van der Waals surface area (Å²) in [5, 5.41) is 19.8. The molecule has 0 spiro atoms. The lowest BCUT2D eigenvalue weighted by Crippen LogP contribution is -2.11. The van der Waals surface area contributed by atoms with E-state index in [-0.39, 0.29) is 5.75 Å². The average Bonchev–Trinajstić information content (AvgIpc) is 2.27. The van der Waals surface area contributed by atoms with Gasteiger partial charge in [0.25, 0.3) is 0 Å². The molecule has 0 aliphatic heterocycles. The predicted octanol–water partition coefficient (Wildman–Crippen LogP) is 0.967. The summed E-state index contributed by atoms with van der Waals surface area (Å²) >= 11 is 0. The Bertz CT molecular complexity index is 402. The summed E-state index contributed by atoms with van der Waals surface area (Å²) < 4.78 is 10.0. The Morgan fingerprint density at radius 2 is 2.31 bits per heavy atom. The number of carboxylic acids is 1. The zero-order chi connectivity index (χ0) is 12.0. The molecule has 86 valence electrons. The van der Waals surface area contributed by atoms with Crippen LogP contribution in [0.1, 0.15) is 5.56 Å². The summed E-state index contributed by atoms with van der Waals surface area (Å²) in [5.74, 6) is -0.498. The van der Waals surface area contributed by atoms with Crippen molar-refractivity contribution in [1.82, 2.24) is 0 Å². The van der Waals surface area contributed by atoms with Crippen LogP contribution in [0.2, 0.25) is 0 Å². The van der Waals surface area contributed by atoms with Gasteiger partial charge in [-0.25, -0.2) is 4.79 Å². The fourth-order valence-electron chi connectivity index (χ4n) is 1.15. The second-order valence-corrected chi connectivity index (χ2v) is 2.81. The minimum Gasteiger partial charge on any atom is -0.493 e. The molecule has 2 N–H and O–H groups in total. The molecule has 0 unspecified atom stereocenters. The number of para-hydroxylation sites is 1. The summed E-state index contributed by atoms with van der Waals surface area (Å²) in [4.78, 5) is 10.4. The first-order valence-corrected chi connectivity index (χ1v) is 4.38. The third-order valence-corrected chi connectivity index (χ3v) is 1.77. The van der Waals surface area contributed by atoms with E-state index in [4.69, 9.17) is 19.8 Å². The summed E-state index contributed by atoms with van der Waals surface area (Å²) in [6.45, 7) is -0.493. The van der Waals surface area contributed by atoms with Gasteiger partial charge >= 0.3 is 5.97 Å². The molecule has 1 aromatic carbocycles. The van der Waals surface area contributed by atoms with Crippen molar-refractivity contribution in [1.29, 1.82) is 0 Å². The van der Waals surface area contributed by atoms with Gasteiger partial charge in [-0.05, 0) is 12.1 Å². The van der Waals surface area contributed by atoms with Gasteiger partial charge in [-0.1, -0.05) is 11.2 Å². The van der Waals surface area contributed by atoms with Crippen LogP contribution in [0, 0.1) is 0 Å². The Labute approximate surface area is 91.7 Å². The number of rotatable bonds is 5. The highest BCUT2D eigenvalue weighted by molar-refractivity contribution is 5.85. The monoisotopic (exact) mass is 225 g/mol. The summed E-state index contributed by atoms with van der Waals surface area (Å²) in [6.07, 6.45) is 1.14. The molecular weight excluding hydrogens is 214 g/mol. The van der Waals surface area contributed by atoms with Crippen LogP contribution >= 0.6 is 0 Å². The molecule has 0 aliphatic carbocycles. The first-order chi connectivity index (χ1) is 7.69. The zero-order valence-electron chi connectivity index (χ0n) is 8.58. The van der Waals surface area contributed by atoms with Crippen LogP contribution in [0.3, 0.4) is 0 Å². The maximum Gasteiger partial charge on any atom is 0.341 e. The van der Waals surface area contributed by atoms with Crippen LogP contribution in [-0.4, -0.2) is 36.2 Å². The molecule has 0 saturated carbocycles. The van der Waals surface area contributed by atoms with E-state index >= 15 is 0 Å². The van der Waals surface area contributed by atoms with Crippen molar-refractivity contribution >= 4 is 12.2 Å². The van der Waals surface area contributed by atoms with Crippen LogP contribution in [0.5, 0.6) is 11.5 Å². The topological polar surface area (TPSA) is 88.4 Å². The van der Waals surface area contributed by atoms with Crippen molar-refractivity contribution in [3.05, 3.63) is 23.8 Å². The number of carbonyl (C=O) groups is 1. The SMILES string of the molecule is COc1cccc(/C=N/O)c1OCC(=O)O. The molecule has 0 aliphatic rings. The molecule has 16 heavy (non-hydrogen) atoms. The maximum atomic E-state index is 10.4.